The largest absolute Gasteiger partial charge is 0.355 e. The topological polar surface area (TPSA) is 80.2 Å². The third-order valence-corrected chi connectivity index (χ3v) is 6.91. The van der Waals surface area contributed by atoms with E-state index < -0.39 is 0 Å². The fourth-order valence-electron chi connectivity index (χ4n) is 2.15. The van der Waals surface area contributed by atoms with Gasteiger partial charge in [0.2, 0.25) is 0 Å². The van der Waals surface area contributed by atoms with Gasteiger partial charge in [-0.1, -0.05) is 57.4 Å². The second-order valence-corrected chi connectivity index (χ2v) is 8.80. The second kappa shape index (κ2) is 11.5. The van der Waals surface area contributed by atoms with E-state index in [9.17, 15) is 14.4 Å². The highest BCUT2D eigenvalue weighted by atomic mass is 33.1. The number of carbonyl (C=O) groups is 2. The maximum absolute atomic E-state index is 11.9. The summed E-state index contributed by atoms with van der Waals surface area (Å²) in [5, 5.41) is 7.03. The Kier molecular flexibility index (Phi) is 9.04. The van der Waals surface area contributed by atoms with Gasteiger partial charge in [-0.15, -0.1) is 0 Å². The molecule has 2 N–H and O–H groups in total. The van der Waals surface area contributed by atoms with Crippen LogP contribution in [-0.2, 0) is 7.05 Å². The van der Waals surface area contributed by atoms with Crippen LogP contribution >= 0.6 is 33.1 Å². The standard InChI is InChI=1S/C16H16N2O2S2.C4H5NOS/c1-17-15(19)11-7-3-5-9-13(11)21-22-14-10-6-4-8-12(14)16(20)18-2;1-5-4(6)2-3-7-5/h3-10H,1-2H3,(H,17,19)(H,18,20);2-3H,1H3. The Hall–Kier alpha value is -2.49. The molecular weight excluding hydrogens is 426 g/mol. The molecule has 1 heterocycles. The molecule has 1 aromatic heterocycles. The third kappa shape index (κ3) is 6.52. The summed E-state index contributed by atoms with van der Waals surface area (Å²) in [6.07, 6.45) is 0. The maximum Gasteiger partial charge on any atom is 0.260 e. The zero-order chi connectivity index (χ0) is 21.2. The van der Waals surface area contributed by atoms with Crippen LogP contribution in [0, 0.1) is 0 Å². The number of rotatable bonds is 5. The van der Waals surface area contributed by atoms with Crippen molar-refractivity contribution in [3.63, 3.8) is 0 Å². The van der Waals surface area contributed by atoms with Gasteiger partial charge in [0.15, 0.2) is 0 Å². The molecule has 0 aliphatic heterocycles. The fraction of sp³-hybridized carbons (Fsp3) is 0.150. The monoisotopic (exact) mass is 447 g/mol. The van der Waals surface area contributed by atoms with Gasteiger partial charge in [-0.2, -0.15) is 0 Å². The first kappa shape index (κ1) is 22.8. The number of hydrogen-bond donors (Lipinski definition) is 2. The first-order valence-corrected chi connectivity index (χ1v) is 11.5. The Morgan fingerprint density at radius 2 is 1.28 bits per heavy atom. The number of hydrogen-bond acceptors (Lipinski definition) is 6. The Morgan fingerprint density at radius 3 is 1.59 bits per heavy atom. The predicted octanol–water partition coefficient (Wildman–Crippen LogP) is 3.65. The van der Waals surface area contributed by atoms with Crippen LogP contribution in [0.3, 0.4) is 0 Å². The zero-order valence-corrected chi connectivity index (χ0v) is 18.6. The van der Waals surface area contributed by atoms with E-state index >= 15 is 0 Å². The minimum absolute atomic E-state index is 0.0741. The lowest BCUT2D eigenvalue weighted by Crippen LogP contribution is -2.18. The molecule has 0 saturated carbocycles. The fourth-order valence-corrected chi connectivity index (χ4v) is 5.03. The molecule has 0 atom stereocenters. The summed E-state index contributed by atoms with van der Waals surface area (Å²) in [5.74, 6) is -0.244. The van der Waals surface area contributed by atoms with Crippen molar-refractivity contribution in [2.24, 2.45) is 7.05 Å². The first-order valence-electron chi connectivity index (χ1n) is 8.55. The Labute approximate surface area is 181 Å². The number of nitrogens with zero attached hydrogens (tertiary/aromatic N) is 1. The van der Waals surface area contributed by atoms with Crippen molar-refractivity contribution in [2.75, 3.05) is 14.1 Å². The molecule has 29 heavy (non-hydrogen) atoms. The van der Waals surface area contributed by atoms with Crippen molar-refractivity contribution < 1.29 is 9.59 Å². The van der Waals surface area contributed by atoms with Crippen LogP contribution in [0.15, 0.2) is 74.6 Å². The molecular formula is C20H21N3O3S3. The van der Waals surface area contributed by atoms with Gasteiger partial charge in [0.1, 0.15) is 0 Å². The Morgan fingerprint density at radius 1 is 0.828 bits per heavy atom. The van der Waals surface area contributed by atoms with E-state index in [4.69, 9.17) is 0 Å². The van der Waals surface area contributed by atoms with Gasteiger partial charge in [0.25, 0.3) is 17.4 Å². The number of aryl methyl sites for hydroxylation is 1. The first-order chi connectivity index (χ1) is 14.0. The second-order valence-electron chi connectivity index (χ2n) is 5.56. The molecule has 6 nitrogen and oxygen atoms in total. The molecule has 0 aliphatic carbocycles. The van der Waals surface area contributed by atoms with Crippen LogP contribution < -0.4 is 16.2 Å². The summed E-state index contributed by atoms with van der Waals surface area (Å²) in [6.45, 7) is 0. The van der Waals surface area contributed by atoms with E-state index in [-0.39, 0.29) is 17.4 Å². The zero-order valence-electron chi connectivity index (χ0n) is 16.2. The van der Waals surface area contributed by atoms with Crippen molar-refractivity contribution in [3.05, 3.63) is 81.5 Å². The quantitative estimate of drug-likeness (QED) is 0.584. The van der Waals surface area contributed by atoms with Crippen LogP contribution in [0.1, 0.15) is 20.7 Å². The molecule has 0 spiro atoms. The highest BCUT2D eigenvalue weighted by molar-refractivity contribution is 8.76. The highest BCUT2D eigenvalue weighted by Crippen LogP contribution is 2.40. The van der Waals surface area contributed by atoms with Crippen molar-refractivity contribution in [1.82, 2.24) is 14.6 Å². The van der Waals surface area contributed by atoms with Crippen molar-refractivity contribution in [3.8, 4) is 0 Å². The van der Waals surface area contributed by atoms with E-state index in [0.717, 1.165) is 9.79 Å². The number of aromatic nitrogens is 1. The molecule has 0 unspecified atom stereocenters. The molecule has 0 aliphatic rings. The summed E-state index contributed by atoms with van der Waals surface area (Å²) in [4.78, 5) is 35.9. The average Bonchev–Trinajstić information content (AvgIpc) is 3.14. The minimum atomic E-state index is -0.122. The normalized spacial score (nSPS) is 9.90. The number of benzene rings is 2. The lowest BCUT2D eigenvalue weighted by atomic mass is 10.2. The molecule has 0 bridgehead atoms. The van der Waals surface area contributed by atoms with E-state index in [1.807, 2.05) is 36.4 Å². The van der Waals surface area contributed by atoms with Crippen LogP contribution in [0.4, 0.5) is 0 Å². The minimum Gasteiger partial charge on any atom is -0.355 e. The molecule has 3 rings (SSSR count). The van der Waals surface area contributed by atoms with Crippen molar-refractivity contribution in [2.45, 2.75) is 9.79 Å². The number of amides is 2. The molecule has 0 saturated heterocycles. The van der Waals surface area contributed by atoms with E-state index in [0.29, 0.717) is 11.1 Å². The summed E-state index contributed by atoms with van der Waals surface area (Å²) in [5.41, 5.74) is 1.32. The smallest absolute Gasteiger partial charge is 0.260 e. The van der Waals surface area contributed by atoms with E-state index in [1.165, 1.54) is 33.1 Å². The molecule has 9 heteroatoms. The molecule has 2 amide bonds. The van der Waals surface area contributed by atoms with E-state index in [2.05, 4.69) is 10.6 Å². The van der Waals surface area contributed by atoms with Crippen LogP contribution in [0.5, 0.6) is 0 Å². The molecule has 2 aromatic carbocycles. The van der Waals surface area contributed by atoms with Crippen LogP contribution in [-0.4, -0.2) is 29.9 Å². The lowest BCUT2D eigenvalue weighted by molar-refractivity contribution is 0.0952. The maximum atomic E-state index is 11.9. The third-order valence-electron chi connectivity index (χ3n) is 3.68. The summed E-state index contributed by atoms with van der Waals surface area (Å²) >= 11 is 1.41. The van der Waals surface area contributed by atoms with Gasteiger partial charge < -0.3 is 10.6 Å². The SMILES string of the molecule is CNC(=O)c1ccccc1SSc1ccccc1C(=O)NC.Cn1sccc1=O. The van der Waals surface area contributed by atoms with E-state index in [1.54, 1.807) is 48.7 Å². The summed E-state index contributed by atoms with van der Waals surface area (Å²) in [6, 6.07) is 16.3. The molecule has 0 fully saturated rings. The van der Waals surface area contributed by atoms with Gasteiger partial charge in [0.05, 0.1) is 11.1 Å². The van der Waals surface area contributed by atoms with Crippen molar-refractivity contribution >= 4 is 44.9 Å². The van der Waals surface area contributed by atoms with Crippen LogP contribution in [0.25, 0.3) is 0 Å². The number of nitrogens with one attached hydrogen (secondary N) is 2. The van der Waals surface area contributed by atoms with Gasteiger partial charge >= 0.3 is 0 Å². The Balaban J connectivity index is 0.000000360. The van der Waals surface area contributed by atoms with Crippen molar-refractivity contribution in [1.29, 1.82) is 0 Å². The lowest BCUT2D eigenvalue weighted by Gasteiger charge is -2.09. The van der Waals surface area contributed by atoms with Gasteiger partial charge in [0, 0.05) is 42.4 Å². The average molecular weight is 448 g/mol. The predicted molar refractivity (Wildman–Crippen MR) is 121 cm³/mol. The Bertz CT molecular complexity index is 971. The summed E-state index contributed by atoms with van der Waals surface area (Å²) < 4.78 is 1.57. The van der Waals surface area contributed by atoms with Gasteiger partial charge in [-0.25, -0.2) is 0 Å². The molecule has 3 aromatic rings. The van der Waals surface area contributed by atoms with Gasteiger partial charge in [-0.05, 0) is 24.3 Å². The highest BCUT2D eigenvalue weighted by Gasteiger charge is 2.13. The number of carbonyl (C=O) groups excluding carboxylic acids is 2. The summed E-state index contributed by atoms with van der Waals surface area (Å²) in [7, 11) is 7.88. The molecule has 0 radical (unpaired) electrons. The van der Waals surface area contributed by atoms with Gasteiger partial charge in [-0.3, -0.25) is 18.3 Å². The molecule has 152 valence electrons. The van der Waals surface area contributed by atoms with Crippen LogP contribution in [0.2, 0.25) is 0 Å².